The van der Waals surface area contributed by atoms with E-state index in [9.17, 15) is 4.79 Å². The van der Waals surface area contributed by atoms with Crippen LogP contribution in [0.1, 0.15) is 38.5 Å². The molecule has 2 unspecified atom stereocenters. The van der Waals surface area contributed by atoms with Crippen molar-refractivity contribution in [3.63, 3.8) is 0 Å². The Labute approximate surface area is 103 Å². The average Bonchev–Trinajstić information content (AvgIpc) is 2.89. The number of hydrogen-bond donors (Lipinski definition) is 1. The van der Waals surface area contributed by atoms with Gasteiger partial charge in [-0.15, -0.1) is 0 Å². The van der Waals surface area contributed by atoms with Crippen LogP contribution in [0.15, 0.2) is 0 Å². The van der Waals surface area contributed by atoms with Crippen molar-refractivity contribution >= 4 is 5.97 Å². The van der Waals surface area contributed by atoms with Crippen molar-refractivity contribution in [1.29, 1.82) is 0 Å². The minimum Gasteiger partial charge on any atom is -0.464 e. The standard InChI is InChI=1S/C13H23NO3/c14-12(11-4-2-1-3-5-11)13(15)17-9-10-6-7-16-8-10/h10-12H,1-9,14H2. The lowest BCUT2D eigenvalue weighted by molar-refractivity contribution is -0.148. The summed E-state index contributed by atoms with van der Waals surface area (Å²) in [7, 11) is 0. The van der Waals surface area contributed by atoms with E-state index in [0.717, 1.165) is 25.9 Å². The maximum Gasteiger partial charge on any atom is 0.323 e. The normalized spacial score (nSPS) is 27.9. The molecule has 4 heteroatoms. The number of esters is 1. The van der Waals surface area contributed by atoms with Crippen molar-refractivity contribution in [3.05, 3.63) is 0 Å². The molecule has 0 aromatic carbocycles. The Balaban J connectivity index is 1.70. The van der Waals surface area contributed by atoms with Crippen LogP contribution in [0.25, 0.3) is 0 Å². The molecule has 4 nitrogen and oxygen atoms in total. The number of carbonyl (C=O) groups excluding carboxylic acids is 1. The predicted molar refractivity (Wildman–Crippen MR) is 64.4 cm³/mol. The van der Waals surface area contributed by atoms with E-state index in [1.807, 2.05) is 0 Å². The topological polar surface area (TPSA) is 61.6 Å². The van der Waals surface area contributed by atoms with Crippen LogP contribution >= 0.6 is 0 Å². The zero-order chi connectivity index (χ0) is 12.1. The Kier molecular flexibility index (Phi) is 4.80. The van der Waals surface area contributed by atoms with Gasteiger partial charge in [0.25, 0.3) is 0 Å². The van der Waals surface area contributed by atoms with Gasteiger partial charge in [-0.25, -0.2) is 0 Å². The second-order valence-corrected chi connectivity index (χ2v) is 5.28. The van der Waals surface area contributed by atoms with Gasteiger partial charge < -0.3 is 15.2 Å². The van der Waals surface area contributed by atoms with Gasteiger partial charge in [-0.05, 0) is 25.2 Å². The molecule has 17 heavy (non-hydrogen) atoms. The summed E-state index contributed by atoms with van der Waals surface area (Å²) < 4.78 is 10.5. The summed E-state index contributed by atoms with van der Waals surface area (Å²) in [5.74, 6) is 0.484. The van der Waals surface area contributed by atoms with Crippen molar-refractivity contribution in [2.24, 2.45) is 17.6 Å². The van der Waals surface area contributed by atoms with Crippen LogP contribution in [0.5, 0.6) is 0 Å². The maximum absolute atomic E-state index is 11.8. The van der Waals surface area contributed by atoms with Crippen LogP contribution in [0.2, 0.25) is 0 Å². The SMILES string of the molecule is NC(C(=O)OCC1CCOC1)C1CCCCC1. The van der Waals surface area contributed by atoms with E-state index < -0.39 is 6.04 Å². The van der Waals surface area contributed by atoms with E-state index in [2.05, 4.69) is 0 Å². The second kappa shape index (κ2) is 6.36. The van der Waals surface area contributed by atoms with E-state index in [1.165, 1.54) is 19.3 Å². The average molecular weight is 241 g/mol. The first-order valence-electron chi connectivity index (χ1n) is 6.77. The highest BCUT2D eigenvalue weighted by Gasteiger charge is 2.28. The Morgan fingerprint density at radius 2 is 2.06 bits per heavy atom. The molecule has 1 heterocycles. The molecule has 0 amide bonds. The molecule has 2 atom stereocenters. The van der Waals surface area contributed by atoms with Crippen LogP contribution < -0.4 is 5.73 Å². The number of rotatable bonds is 4. The van der Waals surface area contributed by atoms with Crippen LogP contribution in [0, 0.1) is 11.8 Å². The summed E-state index contributed by atoms with van der Waals surface area (Å²) in [5.41, 5.74) is 5.97. The summed E-state index contributed by atoms with van der Waals surface area (Å²) in [4.78, 5) is 11.8. The molecule has 0 spiro atoms. The van der Waals surface area contributed by atoms with E-state index >= 15 is 0 Å². The first kappa shape index (κ1) is 12.8. The van der Waals surface area contributed by atoms with Gasteiger partial charge in [0.1, 0.15) is 6.04 Å². The molecule has 0 aromatic rings. The third-order valence-corrected chi connectivity index (χ3v) is 3.92. The molecular weight excluding hydrogens is 218 g/mol. The predicted octanol–water partition coefficient (Wildman–Crippen LogP) is 1.47. The van der Waals surface area contributed by atoms with Gasteiger partial charge in [-0.3, -0.25) is 4.79 Å². The largest absolute Gasteiger partial charge is 0.464 e. The zero-order valence-corrected chi connectivity index (χ0v) is 10.4. The Hall–Kier alpha value is -0.610. The molecular formula is C13H23NO3. The molecule has 2 fully saturated rings. The summed E-state index contributed by atoms with van der Waals surface area (Å²) in [6, 6.07) is -0.419. The van der Waals surface area contributed by atoms with Gasteiger partial charge in [-0.2, -0.15) is 0 Å². The first-order valence-corrected chi connectivity index (χ1v) is 6.77. The molecule has 0 aromatic heterocycles. The third-order valence-electron chi connectivity index (χ3n) is 3.92. The van der Waals surface area contributed by atoms with Crippen LogP contribution in [0.4, 0.5) is 0 Å². The molecule has 1 saturated heterocycles. The quantitative estimate of drug-likeness (QED) is 0.757. The number of nitrogens with two attached hydrogens (primary N) is 1. The molecule has 1 aliphatic carbocycles. The lowest BCUT2D eigenvalue weighted by atomic mass is 9.84. The summed E-state index contributed by atoms with van der Waals surface area (Å²) in [5, 5.41) is 0. The van der Waals surface area contributed by atoms with E-state index in [1.54, 1.807) is 0 Å². The van der Waals surface area contributed by atoms with E-state index in [0.29, 0.717) is 25.0 Å². The van der Waals surface area contributed by atoms with Crippen molar-refractivity contribution in [1.82, 2.24) is 0 Å². The minimum atomic E-state index is -0.419. The molecule has 0 radical (unpaired) electrons. The molecule has 1 saturated carbocycles. The Morgan fingerprint density at radius 3 is 2.71 bits per heavy atom. The van der Waals surface area contributed by atoms with Gasteiger partial charge in [0.2, 0.25) is 0 Å². The fourth-order valence-corrected chi connectivity index (χ4v) is 2.70. The summed E-state index contributed by atoms with van der Waals surface area (Å²) in [6.45, 7) is 1.97. The number of ether oxygens (including phenoxy) is 2. The summed E-state index contributed by atoms with van der Waals surface area (Å²) in [6.07, 6.45) is 6.81. The number of carbonyl (C=O) groups is 1. The fourth-order valence-electron chi connectivity index (χ4n) is 2.70. The van der Waals surface area contributed by atoms with Crippen LogP contribution in [0.3, 0.4) is 0 Å². The van der Waals surface area contributed by atoms with Crippen molar-refractivity contribution in [2.75, 3.05) is 19.8 Å². The highest BCUT2D eigenvalue weighted by molar-refractivity contribution is 5.75. The lowest BCUT2D eigenvalue weighted by Gasteiger charge is -2.26. The molecule has 98 valence electrons. The van der Waals surface area contributed by atoms with Gasteiger partial charge in [-0.1, -0.05) is 19.3 Å². The highest BCUT2D eigenvalue weighted by Crippen LogP contribution is 2.26. The smallest absolute Gasteiger partial charge is 0.323 e. The fraction of sp³-hybridized carbons (Fsp3) is 0.923. The highest BCUT2D eigenvalue weighted by atomic mass is 16.5. The summed E-state index contributed by atoms with van der Waals surface area (Å²) >= 11 is 0. The van der Waals surface area contributed by atoms with Gasteiger partial charge in [0.05, 0.1) is 13.2 Å². The maximum atomic E-state index is 11.8. The molecule has 2 rings (SSSR count). The Morgan fingerprint density at radius 1 is 1.29 bits per heavy atom. The van der Waals surface area contributed by atoms with Crippen molar-refractivity contribution in [3.8, 4) is 0 Å². The molecule has 2 aliphatic rings. The molecule has 2 N–H and O–H groups in total. The first-order chi connectivity index (χ1) is 8.27. The zero-order valence-electron chi connectivity index (χ0n) is 10.4. The van der Waals surface area contributed by atoms with Crippen molar-refractivity contribution < 1.29 is 14.3 Å². The van der Waals surface area contributed by atoms with Gasteiger partial charge in [0, 0.05) is 12.5 Å². The lowest BCUT2D eigenvalue weighted by Crippen LogP contribution is -2.40. The van der Waals surface area contributed by atoms with Crippen molar-refractivity contribution in [2.45, 2.75) is 44.6 Å². The Bertz CT molecular complexity index is 245. The van der Waals surface area contributed by atoms with Crippen LogP contribution in [-0.4, -0.2) is 31.8 Å². The third kappa shape index (κ3) is 3.68. The van der Waals surface area contributed by atoms with Crippen LogP contribution in [-0.2, 0) is 14.3 Å². The van der Waals surface area contributed by atoms with E-state index in [4.69, 9.17) is 15.2 Å². The number of hydrogen-bond acceptors (Lipinski definition) is 4. The minimum absolute atomic E-state index is 0.219. The molecule has 0 bridgehead atoms. The second-order valence-electron chi connectivity index (χ2n) is 5.28. The van der Waals surface area contributed by atoms with Gasteiger partial charge >= 0.3 is 5.97 Å². The van der Waals surface area contributed by atoms with Gasteiger partial charge in [0.15, 0.2) is 0 Å². The molecule has 1 aliphatic heterocycles. The van der Waals surface area contributed by atoms with E-state index in [-0.39, 0.29) is 5.97 Å². The monoisotopic (exact) mass is 241 g/mol.